The summed E-state index contributed by atoms with van der Waals surface area (Å²) in [5.74, 6) is -0.250. The molecule has 0 spiro atoms. The smallest absolute Gasteiger partial charge is 0.391 e. The second kappa shape index (κ2) is 22.8. The molecule has 0 aliphatic heterocycles. The van der Waals surface area contributed by atoms with Gasteiger partial charge in [-0.05, 0) is 51.0 Å². The highest BCUT2D eigenvalue weighted by Gasteiger charge is 2.31. The molecule has 0 radical (unpaired) electrons. The van der Waals surface area contributed by atoms with Crippen molar-refractivity contribution in [2.45, 2.75) is 105 Å². The first-order valence-corrected chi connectivity index (χ1v) is 17.5. The Morgan fingerprint density at radius 3 is 2.22 bits per heavy atom. The summed E-state index contributed by atoms with van der Waals surface area (Å²) in [6.07, 6.45) is 9.67. The molecular weight excluding hydrogens is 667 g/mol. The maximum absolute atomic E-state index is 12.8. The number of anilines is 1. The number of hydrogen-bond donors (Lipinski definition) is 5. The first kappa shape index (κ1) is 44.1. The van der Waals surface area contributed by atoms with Gasteiger partial charge in [0.15, 0.2) is 6.73 Å². The summed E-state index contributed by atoms with van der Waals surface area (Å²) in [6, 6.07) is 7.14. The molecule has 16 heteroatoms. The monoisotopic (exact) mass is 722 g/mol. The number of aryl methyl sites for hydroxylation is 3. The van der Waals surface area contributed by atoms with Gasteiger partial charge in [-0.2, -0.15) is 10.2 Å². The number of carbonyl (C=O) groups excluding carboxylic acids is 3. The molecule has 50 heavy (non-hydrogen) atoms. The van der Waals surface area contributed by atoms with Crippen LogP contribution in [-0.2, 0) is 44.9 Å². The molecule has 280 valence electrons. The minimum absolute atomic E-state index is 0.0116. The average Bonchev–Trinajstić information content (AvgIpc) is 3.81. The Kier molecular flexibility index (Phi) is 20.1. The highest BCUT2D eigenvalue weighted by molar-refractivity contribution is 7.39. The lowest BCUT2D eigenvalue weighted by molar-refractivity contribution is -0.149. The third-order valence-corrected chi connectivity index (χ3v) is 7.66. The normalized spacial score (nSPS) is 12.1. The zero-order chi connectivity index (χ0) is 37.9. The van der Waals surface area contributed by atoms with E-state index in [2.05, 4.69) is 20.8 Å². The predicted octanol–water partition coefficient (Wildman–Crippen LogP) is 4.79. The standard InChI is InChI=1S/C24H32N5O7P.C5H10.C4H9NO.CH4O/c1-15-9-16(2)22(19(10-15)36-37(32)33)24(3,4)12-21(30)35-14-29-20(7-8-25-29)26-23(31)18-11-17(13-34-6)27-28(18)5;1-2-4-5-3-1;1-4(2)5-3-6;1-2/h7-11,32-33H,12-14H2,1-6H3,(H,26,31);1-5H2;3-4H,1-2H3,(H,5,6);2H,1H3. The Hall–Kier alpha value is -3.88. The van der Waals surface area contributed by atoms with Crippen LogP contribution in [0.1, 0.15) is 99.1 Å². The van der Waals surface area contributed by atoms with Gasteiger partial charge in [0.2, 0.25) is 6.41 Å². The van der Waals surface area contributed by atoms with E-state index in [0.29, 0.717) is 34.9 Å². The zero-order valence-corrected chi connectivity index (χ0v) is 31.6. The molecule has 2 amide bonds. The van der Waals surface area contributed by atoms with Crippen molar-refractivity contribution in [2.24, 2.45) is 7.05 Å². The lowest BCUT2D eigenvalue weighted by Gasteiger charge is -2.29. The first-order valence-electron chi connectivity index (χ1n) is 16.3. The summed E-state index contributed by atoms with van der Waals surface area (Å²) in [5, 5.41) is 20.6. The van der Waals surface area contributed by atoms with Crippen molar-refractivity contribution in [2.75, 3.05) is 19.5 Å². The fourth-order valence-corrected chi connectivity index (χ4v) is 5.61. The van der Waals surface area contributed by atoms with Gasteiger partial charge in [-0.1, -0.05) is 52.0 Å². The molecule has 0 bridgehead atoms. The van der Waals surface area contributed by atoms with E-state index >= 15 is 0 Å². The van der Waals surface area contributed by atoms with Crippen molar-refractivity contribution in [1.29, 1.82) is 0 Å². The van der Waals surface area contributed by atoms with Crippen LogP contribution in [0.4, 0.5) is 5.82 Å². The van der Waals surface area contributed by atoms with Crippen LogP contribution in [0.5, 0.6) is 5.75 Å². The van der Waals surface area contributed by atoms with Gasteiger partial charge in [0.1, 0.15) is 17.3 Å². The van der Waals surface area contributed by atoms with E-state index in [4.69, 9.17) is 19.1 Å². The fourth-order valence-electron chi connectivity index (χ4n) is 5.29. The van der Waals surface area contributed by atoms with Gasteiger partial charge in [0.25, 0.3) is 5.91 Å². The molecule has 4 rings (SSSR count). The van der Waals surface area contributed by atoms with E-state index in [1.807, 2.05) is 47.6 Å². The van der Waals surface area contributed by atoms with Gasteiger partial charge in [0, 0.05) is 44.4 Å². The zero-order valence-electron chi connectivity index (χ0n) is 30.7. The third kappa shape index (κ3) is 15.3. The molecule has 3 aromatic rings. The van der Waals surface area contributed by atoms with Crippen LogP contribution in [0, 0.1) is 13.8 Å². The van der Waals surface area contributed by atoms with Crippen molar-refractivity contribution >= 4 is 32.7 Å². The quantitative estimate of drug-likeness (QED) is 0.0923. The number of carbonyl (C=O) groups is 3. The Balaban J connectivity index is 0.000000811. The number of ether oxygens (including phenoxy) is 2. The van der Waals surface area contributed by atoms with Gasteiger partial charge < -0.3 is 39.5 Å². The second-order valence-corrected chi connectivity index (χ2v) is 13.1. The molecule has 0 saturated heterocycles. The summed E-state index contributed by atoms with van der Waals surface area (Å²) in [4.78, 5) is 53.9. The SMILES string of the molecule is C1CCCC1.CC(C)NC=O.CO.COCc1cc(C(=O)Nc2ccnn2COC(=O)CC(C)(C)c2c(C)cc(C)cc2OP(O)O)n(C)n1. The molecular formula is C34H55N6O9P. The van der Waals surface area contributed by atoms with E-state index < -0.39 is 25.9 Å². The molecule has 1 aromatic carbocycles. The summed E-state index contributed by atoms with van der Waals surface area (Å²) in [5.41, 5.74) is 2.63. The van der Waals surface area contributed by atoms with Crippen LogP contribution >= 0.6 is 8.60 Å². The Labute approximate surface area is 296 Å². The number of nitrogens with one attached hydrogen (secondary N) is 2. The predicted molar refractivity (Wildman–Crippen MR) is 191 cm³/mol. The molecule has 5 N–H and O–H groups in total. The number of nitrogens with zero attached hydrogens (tertiary/aromatic N) is 4. The number of hydrogen-bond acceptors (Lipinski definition) is 11. The Morgan fingerprint density at radius 1 is 1.08 bits per heavy atom. The van der Waals surface area contributed by atoms with Gasteiger partial charge in [-0.3, -0.25) is 19.1 Å². The minimum atomic E-state index is -2.62. The molecule has 2 aromatic heterocycles. The molecule has 2 heterocycles. The van der Waals surface area contributed by atoms with Crippen LogP contribution in [0.2, 0.25) is 0 Å². The summed E-state index contributed by atoms with van der Waals surface area (Å²) in [7, 11) is 1.58. The fraction of sp³-hybridized carbons (Fsp3) is 0.559. The molecule has 15 nitrogen and oxygen atoms in total. The van der Waals surface area contributed by atoms with Crippen LogP contribution in [0.3, 0.4) is 0 Å². The lowest BCUT2D eigenvalue weighted by Crippen LogP contribution is -2.26. The second-order valence-electron chi connectivity index (χ2n) is 12.5. The van der Waals surface area contributed by atoms with Gasteiger partial charge in [-0.25, -0.2) is 4.68 Å². The summed E-state index contributed by atoms with van der Waals surface area (Å²) >= 11 is 0. The highest BCUT2D eigenvalue weighted by atomic mass is 31.2. The molecule has 1 fully saturated rings. The van der Waals surface area contributed by atoms with E-state index in [0.717, 1.165) is 18.2 Å². The van der Waals surface area contributed by atoms with E-state index in [-0.39, 0.29) is 25.8 Å². The van der Waals surface area contributed by atoms with Crippen molar-refractivity contribution in [3.05, 3.63) is 58.5 Å². The molecule has 1 saturated carbocycles. The molecule has 1 aliphatic carbocycles. The Bertz CT molecular complexity index is 1460. The summed E-state index contributed by atoms with van der Waals surface area (Å²) in [6.45, 7) is 11.3. The largest absolute Gasteiger partial charge is 0.442 e. The number of amides is 2. The van der Waals surface area contributed by atoms with Gasteiger partial charge >= 0.3 is 14.6 Å². The number of methoxy groups -OCH3 is 1. The average molecular weight is 723 g/mol. The maximum Gasteiger partial charge on any atom is 0.391 e. The third-order valence-electron chi connectivity index (χ3n) is 7.30. The molecule has 0 atom stereocenters. The number of aliphatic hydroxyl groups is 1. The van der Waals surface area contributed by atoms with Gasteiger partial charge in [0.05, 0.1) is 24.9 Å². The van der Waals surface area contributed by atoms with E-state index in [1.54, 1.807) is 32.4 Å². The topological polar surface area (TPSA) is 199 Å². The van der Waals surface area contributed by atoms with Crippen molar-refractivity contribution in [3.8, 4) is 5.75 Å². The van der Waals surface area contributed by atoms with Crippen molar-refractivity contribution in [3.63, 3.8) is 0 Å². The Morgan fingerprint density at radius 2 is 1.70 bits per heavy atom. The number of rotatable bonds is 13. The number of aromatic nitrogens is 4. The highest BCUT2D eigenvalue weighted by Crippen LogP contribution is 2.42. The van der Waals surface area contributed by atoms with Crippen LogP contribution in [0.25, 0.3) is 0 Å². The van der Waals surface area contributed by atoms with Crippen LogP contribution < -0.4 is 15.2 Å². The summed E-state index contributed by atoms with van der Waals surface area (Å²) < 4.78 is 18.6. The maximum atomic E-state index is 12.8. The van der Waals surface area contributed by atoms with Gasteiger partial charge in [-0.15, -0.1) is 0 Å². The number of benzene rings is 1. The molecule has 1 aliphatic rings. The van der Waals surface area contributed by atoms with E-state index in [9.17, 15) is 24.2 Å². The molecule has 0 unspecified atom stereocenters. The number of aliphatic hydroxyl groups excluding tert-OH is 1. The van der Waals surface area contributed by atoms with Crippen molar-refractivity contribution < 1.29 is 43.3 Å². The van der Waals surface area contributed by atoms with Crippen LogP contribution in [0.15, 0.2) is 30.5 Å². The van der Waals surface area contributed by atoms with E-state index in [1.165, 1.54) is 47.7 Å². The first-order chi connectivity index (χ1) is 23.7. The van der Waals surface area contributed by atoms with Crippen LogP contribution in [-0.4, -0.2) is 73.0 Å². The van der Waals surface area contributed by atoms with Crippen molar-refractivity contribution in [1.82, 2.24) is 24.9 Å². The minimum Gasteiger partial charge on any atom is -0.442 e. The number of esters is 1. The lowest BCUT2D eigenvalue weighted by atomic mass is 9.78.